The monoisotopic (exact) mass is 430 g/mol. The van der Waals surface area contributed by atoms with E-state index in [1.807, 2.05) is 30.3 Å². The molecule has 1 atom stereocenters. The van der Waals surface area contributed by atoms with Crippen LogP contribution in [-0.2, 0) is 23.9 Å². The second-order valence-electron chi connectivity index (χ2n) is 8.45. The zero-order valence-electron chi connectivity index (χ0n) is 18.9. The number of aryl methyl sites for hydroxylation is 1. The molecule has 0 aliphatic heterocycles. The summed E-state index contributed by atoms with van der Waals surface area (Å²) in [5, 5.41) is 12.4. The molecule has 0 aliphatic rings. The lowest BCUT2D eigenvalue weighted by Crippen LogP contribution is -2.31. The van der Waals surface area contributed by atoms with Gasteiger partial charge in [-0.1, -0.05) is 91.0 Å². The molecule has 4 heteroatoms. The molecule has 0 saturated carbocycles. The highest BCUT2D eigenvalue weighted by Gasteiger charge is 2.20. The number of benzene rings is 3. The molecule has 0 amide bonds. The number of hydrogen-bond donors (Lipinski definition) is 1. The van der Waals surface area contributed by atoms with Gasteiger partial charge >= 0.3 is 0 Å². The maximum Gasteiger partial charge on any atom is 0.185 e. The molecule has 0 fully saturated rings. The van der Waals surface area contributed by atoms with Crippen LogP contribution in [0.15, 0.2) is 91.0 Å². The molecule has 31 heavy (non-hydrogen) atoms. The lowest BCUT2D eigenvalue weighted by atomic mass is 10.1. The quantitative estimate of drug-likeness (QED) is 0.403. The molecule has 162 valence electrons. The minimum Gasteiger partial charge on any atom is -0.402 e. The fourth-order valence-corrected chi connectivity index (χ4v) is 4.09. The van der Waals surface area contributed by atoms with E-state index < -0.39 is 8.32 Å². The SMILES string of the molecule is C[Si](C)(C)OC(C#N)CCc1ccccc1.c1ccc(CNCc2ccccc2)cc1. The van der Waals surface area contributed by atoms with Crippen LogP contribution in [-0.4, -0.2) is 14.4 Å². The third kappa shape index (κ3) is 11.3. The van der Waals surface area contributed by atoms with E-state index in [0.29, 0.717) is 0 Å². The Morgan fingerprint density at radius 3 is 1.55 bits per heavy atom. The standard InChI is InChI=1S/C14H15N.C13H19NOSi/c1-3-7-13(8-4-1)11-15-12-14-9-5-2-6-10-14;1-16(2,3)15-13(11-14)10-9-12-7-5-4-6-8-12/h1-10,15H,11-12H2;4-8,13H,9-10H2,1-3H3. The van der Waals surface area contributed by atoms with Gasteiger partial charge in [0.05, 0.1) is 6.07 Å². The fourth-order valence-electron chi connectivity index (χ4n) is 3.06. The molecule has 3 aromatic carbocycles. The maximum atomic E-state index is 9.01. The fraction of sp³-hybridized carbons (Fsp3) is 0.296. The van der Waals surface area contributed by atoms with Gasteiger partial charge in [0.25, 0.3) is 0 Å². The zero-order valence-corrected chi connectivity index (χ0v) is 19.9. The second kappa shape index (κ2) is 13.6. The number of rotatable bonds is 9. The van der Waals surface area contributed by atoms with Gasteiger partial charge in [0, 0.05) is 13.1 Å². The van der Waals surface area contributed by atoms with Gasteiger partial charge in [-0.25, -0.2) is 0 Å². The molecular formula is C27H34N2OSi. The van der Waals surface area contributed by atoms with Crippen molar-refractivity contribution < 1.29 is 4.43 Å². The minimum absolute atomic E-state index is 0.258. The molecule has 3 rings (SSSR count). The molecule has 1 unspecified atom stereocenters. The summed E-state index contributed by atoms with van der Waals surface area (Å²) in [5.74, 6) is 0. The summed E-state index contributed by atoms with van der Waals surface area (Å²) in [6, 6.07) is 33.4. The molecule has 0 saturated heterocycles. The number of nitrogens with zero attached hydrogens (tertiary/aromatic N) is 1. The second-order valence-corrected chi connectivity index (χ2v) is 12.9. The highest BCUT2D eigenvalue weighted by Crippen LogP contribution is 2.12. The number of hydrogen-bond acceptors (Lipinski definition) is 3. The van der Waals surface area contributed by atoms with Crippen molar-refractivity contribution in [1.29, 1.82) is 5.26 Å². The van der Waals surface area contributed by atoms with Gasteiger partial charge in [-0.2, -0.15) is 5.26 Å². The van der Waals surface area contributed by atoms with Gasteiger partial charge in [-0.05, 0) is 49.2 Å². The predicted molar refractivity (Wildman–Crippen MR) is 132 cm³/mol. The average Bonchev–Trinajstić information content (AvgIpc) is 2.78. The number of nitrogens with one attached hydrogen (secondary N) is 1. The topological polar surface area (TPSA) is 45.0 Å². The van der Waals surface area contributed by atoms with Gasteiger partial charge in [0.15, 0.2) is 8.32 Å². The van der Waals surface area contributed by atoms with Crippen LogP contribution in [0.5, 0.6) is 0 Å². The van der Waals surface area contributed by atoms with Crippen LogP contribution >= 0.6 is 0 Å². The smallest absolute Gasteiger partial charge is 0.185 e. The molecule has 3 nitrogen and oxygen atoms in total. The van der Waals surface area contributed by atoms with E-state index in [2.05, 4.69) is 91.7 Å². The van der Waals surface area contributed by atoms with Gasteiger partial charge in [0.1, 0.15) is 6.10 Å². The van der Waals surface area contributed by atoms with E-state index in [-0.39, 0.29) is 6.10 Å². The van der Waals surface area contributed by atoms with Crippen LogP contribution in [0.4, 0.5) is 0 Å². The highest BCUT2D eigenvalue weighted by atomic mass is 28.4. The van der Waals surface area contributed by atoms with E-state index >= 15 is 0 Å². The Balaban J connectivity index is 0.000000220. The molecular weight excluding hydrogens is 396 g/mol. The van der Waals surface area contributed by atoms with Crippen molar-refractivity contribution in [2.75, 3.05) is 0 Å². The van der Waals surface area contributed by atoms with Crippen molar-refractivity contribution >= 4 is 8.32 Å². The van der Waals surface area contributed by atoms with Crippen LogP contribution in [0.3, 0.4) is 0 Å². The third-order valence-electron chi connectivity index (χ3n) is 4.52. The molecule has 0 bridgehead atoms. The Morgan fingerprint density at radius 1 is 0.742 bits per heavy atom. The summed E-state index contributed by atoms with van der Waals surface area (Å²) < 4.78 is 5.79. The summed E-state index contributed by atoms with van der Waals surface area (Å²) in [7, 11) is -1.60. The van der Waals surface area contributed by atoms with Crippen molar-refractivity contribution in [1.82, 2.24) is 5.32 Å². The molecule has 0 radical (unpaired) electrons. The molecule has 0 aliphatic carbocycles. The predicted octanol–water partition coefficient (Wildman–Crippen LogP) is 6.34. The highest BCUT2D eigenvalue weighted by molar-refractivity contribution is 6.69. The van der Waals surface area contributed by atoms with E-state index in [1.54, 1.807) is 0 Å². The minimum atomic E-state index is -1.60. The lowest BCUT2D eigenvalue weighted by molar-refractivity contribution is 0.238. The summed E-state index contributed by atoms with van der Waals surface area (Å²) in [6.07, 6.45) is 1.43. The van der Waals surface area contributed by atoms with Crippen molar-refractivity contribution in [3.8, 4) is 6.07 Å². The first-order valence-corrected chi connectivity index (χ1v) is 14.3. The Morgan fingerprint density at radius 2 is 1.16 bits per heavy atom. The van der Waals surface area contributed by atoms with Crippen LogP contribution in [0, 0.1) is 11.3 Å². The molecule has 0 aromatic heterocycles. The van der Waals surface area contributed by atoms with Gasteiger partial charge in [-0.15, -0.1) is 0 Å². The van der Waals surface area contributed by atoms with E-state index in [9.17, 15) is 0 Å². The summed E-state index contributed by atoms with van der Waals surface area (Å²) >= 11 is 0. The number of nitriles is 1. The van der Waals surface area contributed by atoms with Crippen molar-refractivity contribution in [2.24, 2.45) is 0 Å². The van der Waals surface area contributed by atoms with Gasteiger partial charge in [-0.3, -0.25) is 0 Å². The summed E-state index contributed by atoms with van der Waals surface area (Å²) in [4.78, 5) is 0. The molecule has 3 aromatic rings. The summed E-state index contributed by atoms with van der Waals surface area (Å²) in [6.45, 7) is 8.19. The lowest BCUT2D eigenvalue weighted by Gasteiger charge is -2.21. The van der Waals surface area contributed by atoms with Crippen LogP contribution in [0.1, 0.15) is 23.1 Å². The van der Waals surface area contributed by atoms with Crippen LogP contribution < -0.4 is 5.32 Å². The zero-order chi connectivity index (χ0) is 22.4. The van der Waals surface area contributed by atoms with Crippen LogP contribution in [0.2, 0.25) is 19.6 Å². The van der Waals surface area contributed by atoms with Crippen molar-refractivity contribution in [3.05, 3.63) is 108 Å². The Hall–Kier alpha value is -2.71. The van der Waals surface area contributed by atoms with E-state index in [1.165, 1.54) is 16.7 Å². The average molecular weight is 431 g/mol. The Labute approximate surface area is 188 Å². The van der Waals surface area contributed by atoms with Crippen molar-refractivity contribution in [3.63, 3.8) is 0 Å². The van der Waals surface area contributed by atoms with Crippen molar-refractivity contribution in [2.45, 2.75) is 51.7 Å². The molecule has 0 heterocycles. The Kier molecular flexibility index (Phi) is 10.7. The first-order chi connectivity index (χ1) is 15.0. The summed E-state index contributed by atoms with van der Waals surface area (Å²) in [5.41, 5.74) is 3.92. The normalized spacial score (nSPS) is 11.7. The van der Waals surface area contributed by atoms with Gasteiger partial charge < -0.3 is 9.74 Å². The molecule has 1 N–H and O–H groups in total. The van der Waals surface area contributed by atoms with E-state index in [4.69, 9.17) is 9.69 Å². The first-order valence-electron chi connectivity index (χ1n) is 10.9. The Bertz CT molecular complexity index is 848. The largest absolute Gasteiger partial charge is 0.402 e. The van der Waals surface area contributed by atoms with Gasteiger partial charge in [0.2, 0.25) is 0 Å². The van der Waals surface area contributed by atoms with Crippen LogP contribution in [0.25, 0.3) is 0 Å². The maximum absolute atomic E-state index is 9.01. The molecule has 0 spiro atoms. The first kappa shape index (κ1) is 24.6. The van der Waals surface area contributed by atoms with E-state index in [0.717, 1.165) is 25.9 Å². The third-order valence-corrected chi connectivity index (χ3v) is 5.51.